The average Bonchev–Trinajstić information content (AvgIpc) is 2.61. The van der Waals surface area contributed by atoms with Crippen molar-refractivity contribution in [3.05, 3.63) is 59.1 Å². The van der Waals surface area contributed by atoms with Crippen LogP contribution in [0.5, 0.6) is 0 Å². The van der Waals surface area contributed by atoms with Gasteiger partial charge >= 0.3 is 5.97 Å². The Kier molecular flexibility index (Phi) is 5.25. The molecule has 0 aliphatic carbocycles. The van der Waals surface area contributed by atoms with Crippen molar-refractivity contribution in [2.45, 2.75) is 16.6 Å². The van der Waals surface area contributed by atoms with Crippen LogP contribution in [0.3, 0.4) is 0 Å². The molecule has 0 spiro atoms. The summed E-state index contributed by atoms with van der Waals surface area (Å²) in [4.78, 5) is 41.6. The molecule has 128 valence electrons. The molecule has 0 radical (unpaired) electrons. The fourth-order valence-corrected chi connectivity index (χ4v) is 3.55. The van der Waals surface area contributed by atoms with E-state index in [2.05, 4.69) is 10.8 Å². The van der Waals surface area contributed by atoms with Crippen LogP contribution < -0.4 is 10.8 Å². The van der Waals surface area contributed by atoms with Crippen LogP contribution >= 0.6 is 23.4 Å². The molecule has 6 nitrogen and oxygen atoms in total. The second kappa shape index (κ2) is 7.58. The lowest BCUT2D eigenvalue weighted by molar-refractivity contribution is -0.131. The summed E-state index contributed by atoms with van der Waals surface area (Å²) in [6.45, 7) is 0. The number of hydrogen-bond donors (Lipinski definition) is 2. The molecule has 2 aromatic rings. The standard InChI is InChI=1S/C17H13ClN2O4S/c18-11-6-2-1-5-10(11)17(23)24-20-15(21)9-14-16(22)19-12-7-3-4-8-13(12)25-14/h1-8,14H,9H2,(H,19,22)(H,20,21)/t14-/m0/s1. The zero-order valence-corrected chi connectivity index (χ0v) is 14.4. The molecule has 1 aliphatic rings. The molecule has 2 amide bonds. The van der Waals surface area contributed by atoms with E-state index >= 15 is 0 Å². The Morgan fingerprint density at radius 3 is 2.68 bits per heavy atom. The van der Waals surface area contributed by atoms with Gasteiger partial charge in [0.25, 0.3) is 5.91 Å². The summed E-state index contributed by atoms with van der Waals surface area (Å²) in [5.74, 6) is -1.62. The monoisotopic (exact) mass is 376 g/mol. The fourth-order valence-electron chi connectivity index (χ4n) is 2.22. The molecule has 0 fully saturated rings. The lowest BCUT2D eigenvalue weighted by Gasteiger charge is -2.23. The first-order valence-electron chi connectivity index (χ1n) is 7.35. The van der Waals surface area contributed by atoms with E-state index in [1.165, 1.54) is 17.8 Å². The molecule has 2 aromatic carbocycles. The first kappa shape index (κ1) is 17.3. The maximum Gasteiger partial charge on any atom is 0.364 e. The Balaban J connectivity index is 1.56. The highest BCUT2D eigenvalue weighted by molar-refractivity contribution is 8.01. The summed E-state index contributed by atoms with van der Waals surface area (Å²) in [6, 6.07) is 13.7. The van der Waals surface area contributed by atoms with Gasteiger partial charge in [-0.05, 0) is 24.3 Å². The minimum absolute atomic E-state index is 0.124. The smallest absolute Gasteiger partial charge is 0.335 e. The zero-order valence-electron chi connectivity index (χ0n) is 12.8. The lowest BCUT2D eigenvalue weighted by atomic mass is 10.2. The molecule has 0 saturated carbocycles. The highest BCUT2D eigenvalue weighted by Gasteiger charge is 2.29. The molecule has 0 bridgehead atoms. The Bertz CT molecular complexity index is 843. The lowest BCUT2D eigenvalue weighted by Crippen LogP contribution is -2.35. The van der Waals surface area contributed by atoms with E-state index in [4.69, 9.17) is 16.4 Å². The first-order valence-corrected chi connectivity index (χ1v) is 8.61. The number of thioether (sulfide) groups is 1. The highest BCUT2D eigenvalue weighted by atomic mass is 35.5. The van der Waals surface area contributed by atoms with Gasteiger partial charge in [-0.3, -0.25) is 9.59 Å². The number of halogens is 1. The number of para-hydroxylation sites is 1. The maximum atomic E-state index is 12.1. The number of nitrogens with one attached hydrogen (secondary N) is 2. The number of carbonyl (C=O) groups is 3. The van der Waals surface area contributed by atoms with Crippen molar-refractivity contribution in [2.75, 3.05) is 5.32 Å². The summed E-state index contributed by atoms with van der Waals surface area (Å²) in [5.41, 5.74) is 2.92. The summed E-state index contributed by atoms with van der Waals surface area (Å²) < 4.78 is 0. The first-order chi connectivity index (χ1) is 12.0. The minimum Gasteiger partial charge on any atom is -0.335 e. The number of rotatable bonds is 3. The minimum atomic E-state index is -0.773. The summed E-state index contributed by atoms with van der Waals surface area (Å²) in [6.07, 6.45) is -0.124. The fraction of sp³-hybridized carbons (Fsp3) is 0.118. The molecule has 1 aliphatic heterocycles. The molecule has 2 N–H and O–H groups in total. The van der Waals surface area contributed by atoms with Crippen LogP contribution in [0.4, 0.5) is 5.69 Å². The van der Waals surface area contributed by atoms with E-state index in [1.807, 2.05) is 18.2 Å². The van der Waals surface area contributed by atoms with Crippen molar-refractivity contribution >= 4 is 46.8 Å². The van der Waals surface area contributed by atoms with E-state index in [1.54, 1.807) is 24.3 Å². The van der Waals surface area contributed by atoms with Gasteiger partial charge in [0.15, 0.2) is 0 Å². The van der Waals surface area contributed by atoms with E-state index in [0.29, 0.717) is 0 Å². The normalized spacial score (nSPS) is 15.7. The Hall–Kier alpha value is -2.51. The average molecular weight is 377 g/mol. The van der Waals surface area contributed by atoms with Gasteiger partial charge in [-0.15, -0.1) is 11.8 Å². The van der Waals surface area contributed by atoms with Crippen LogP contribution in [0.25, 0.3) is 0 Å². The number of benzene rings is 2. The number of hydroxylamine groups is 1. The summed E-state index contributed by atoms with van der Waals surface area (Å²) in [7, 11) is 0. The van der Waals surface area contributed by atoms with Crippen molar-refractivity contribution < 1.29 is 19.2 Å². The van der Waals surface area contributed by atoms with Crippen molar-refractivity contribution in [3.63, 3.8) is 0 Å². The second-order valence-electron chi connectivity index (χ2n) is 5.19. The molecule has 25 heavy (non-hydrogen) atoms. The van der Waals surface area contributed by atoms with Gasteiger partial charge in [-0.25, -0.2) is 4.79 Å². The molecule has 1 atom stereocenters. The molecule has 0 aromatic heterocycles. The largest absolute Gasteiger partial charge is 0.364 e. The third kappa shape index (κ3) is 4.12. The second-order valence-corrected chi connectivity index (χ2v) is 6.84. The van der Waals surface area contributed by atoms with Gasteiger partial charge in [0.1, 0.15) is 0 Å². The van der Waals surface area contributed by atoms with Gasteiger partial charge in [-0.1, -0.05) is 35.9 Å². The van der Waals surface area contributed by atoms with Gasteiger partial charge in [0.05, 0.1) is 27.9 Å². The van der Waals surface area contributed by atoms with E-state index in [-0.39, 0.29) is 22.9 Å². The number of anilines is 1. The Morgan fingerprint density at radius 1 is 1.16 bits per heavy atom. The topological polar surface area (TPSA) is 84.5 Å². The van der Waals surface area contributed by atoms with Crippen molar-refractivity contribution in [3.8, 4) is 0 Å². The predicted octanol–water partition coefficient (Wildman–Crippen LogP) is 3.03. The quantitative estimate of drug-likeness (QED) is 0.804. The van der Waals surface area contributed by atoms with Crippen LogP contribution in [0.1, 0.15) is 16.8 Å². The van der Waals surface area contributed by atoms with Gasteiger partial charge in [0.2, 0.25) is 5.91 Å². The summed E-state index contributed by atoms with van der Waals surface area (Å²) >= 11 is 7.18. The highest BCUT2D eigenvalue weighted by Crippen LogP contribution is 2.36. The SMILES string of the molecule is O=C(C[C@@H]1Sc2ccccc2NC1=O)NOC(=O)c1ccccc1Cl. The molecular weight excluding hydrogens is 364 g/mol. The number of fused-ring (bicyclic) bond motifs is 1. The molecule has 0 unspecified atom stereocenters. The van der Waals surface area contributed by atoms with Crippen LogP contribution in [0.2, 0.25) is 5.02 Å². The molecular formula is C17H13ClN2O4S. The molecule has 0 saturated heterocycles. The molecule has 3 rings (SSSR count). The Labute approximate surface area is 152 Å². The van der Waals surface area contributed by atoms with Crippen molar-refractivity contribution in [2.24, 2.45) is 0 Å². The van der Waals surface area contributed by atoms with Crippen LogP contribution in [0.15, 0.2) is 53.4 Å². The third-order valence-corrected chi connectivity index (χ3v) is 5.03. The molecule has 8 heteroatoms. The predicted molar refractivity (Wildman–Crippen MR) is 94.3 cm³/mol. The zero-order chi connectivity index (χ0) is 17.8. The van der Waals surface area contributed by atoms with Gasteiger partial charge in [0, 0.05) is 4.90 Å². The number of carbonyl (C=O) groups excluding carboxylic acids is 3. The number of hydrogen-bond acceptors (Lipinski definition) is 5. The van der Waals surface area contributed by atoms with Gasteiger partial charge < -0.3 is 10.2 Å². The Morgan fingerprint density at radius 2 is 1.88 bits per heavy atom. The van der Waals surface area contributed by atoms with Crippen molar-refractivity contribution in [1.29, 1.82) is 0 Å². The summed E-state index contributed by atoms with van der Waals surface area (Å²) in [5, 5.41) is 2.37. The third-order valence-electron chi connectivity index (χ3n) is 3.43. The molecule has 1 heterocycles. The van der Waals surface area contributed by atoms with E-state index in [0.717, 1.165) is 10.6 Å². The van der Waals surface area contributed by atoms with Crippen LogP contribution in [0, 0.1) is 0 Å². The van der Waals surface area contributed by atoms with Crippen LogP contribution in [-0.4, -0.2) is 23.0 Å². The maximum absolute atomic E-state index is 12.1. The van der Waals surface area contributed by atoms with E-state index < -0.39 is 17.1 Å². The van der Waals surface area contributed by atoms with Gasteiger partial charge in [-0.2, -0.15) is 5.48 Å². The van der Waals surface area contributed by atoms with Crippen LogP contribution in [-0.2, 0) is 14.4 Å². The number of amides is 2. The van der Waals surface area contributed by atoms with E-state index in [9.17, 15) is 14.4 Å². The van der Waals surface area contributed by atoms with Crippen molar-refractivity contribution in [1.82, 2.24) is 5.48 Å².